The van der Waals surface area contributed by atoms with Crippen molar-refractivity contribution in [3.05, 3.63) is 35.4 Å². The lowest BCUT2D eigenvalue weighted by molar-refractivity contribution is -0.121. The summed E-state index contributed by atoms with van der Waals surface area (Å²) in [7, 11) is 2.15. The second kappa shape index (κ2) is 8.23. The van der Waals surface area contributed by atoms with Crippen molar-refractivity contribution in [2.45, 2.75) is 44.2 Å². The maximum absolute atomic E-state index is 13.7. The molecule has 6 heteroatoms. The van der Waals surface area contributed by atoms with Gasteiger partial charge in [0.1, 0.15) is 11.6 Å². The normalized spacial score (nSPS) is 23.6. The van der Waals surface area contributed by atoms with Crippen molar-refractivity contribution in [2.24, 2.45) is 0 Å². The van der Waals surface area contributed by atoms with E-state index in [1.54, 1.807) is 0 Å². The number of halogens is 2. The summed E-state index contributed by atoms with van der Waals surface area (Å²) in [5, 5.41) is 3.01. The molecule has 1 amide bonds. The van der Waals surface area contributed by atoms with Crippen molar-refractivity contribution >= 4 is 5.91 Å². The van der Waals surface area contributed by atoms with Crippen molar-refractivity contribution < 1.29 is 13.6 Å². The average Bonchev–Trinajstić information content (AvgIpc) is 2.59. The lowest BCUT2D eigenvalue weighted by Crippen LogP contribution is -2.53. The number of nitrogens with zero attached hydrogens (tertiary/aromatic N) is 2. The Morgan fingerprint density at radius 1 is 1.20 bits per heavy atom. The van der Waals surface area contributed by atoms with Gasteiger partial charge in [-0.25, -0.2) is 8.78 Å². The summed E-state index contributed by atoms with van der Waals surface area (Å²) in [6.45, 7) is 4.18. The molecular formula is C19H27F2N3O. The molecule has 4 nitrogen and oxygen atoms in total. The van der Waals surface area contributed by atoms with Crippen LogP contribution < -0.4 is 5.32 Å². The van der Waals surface area contributed by atoms with Crippen LogP contribution in [-0.4, -0.2) is 61.0 Å². The monoisotopic (exact) mass is 351 g/mol. The van der Waals surface area contributed by atoms with Crippen LogP contribution in [-0.2, 0) is 11.2 Å². The van der Waals surface area contributed by atoms with Gasteiger partial charge in [-0.3, -0.25) is 9.69 Å². The fourth-order valence-corrected chi connectivity index (χ4v) is 3.95. The first kappa shape index (κ1) is 18.3. The molecule has 2 saturated heterocycles. The maximum Gasteiger partial charge on any atom is 0.224 e. The van der Waals surface area contributed by atoms with E-state index in [4.69, 9.17) is 0 Å². The topological polar surface area (TPSA) is 35.6 Å². The van der Waals surface area contributed by atoms with Gasteiger partial charge in [-0.05, 0) is 70.6 Å². The lowest BCUT2D eigenvalue weighted by Gasteiger charge is -2.41. The molecule has 3 rings (SSSR count). The van der Waals surface area contributed by atoms with Gasteiger partial charge in [0.15, 0.2) is 0 Å². The Bertz CT molecular complexity index is 602. The van der Waals surface area contributed by atoms with Crippen LogP contribution in [0.5, 0.6) is 0 Å². The van der Waals surface area contributed by atoms with Crippen LogP contribution in [0.1, 0.15) is 31.2 Å². The molecule has 1 N–H and O–H groups in total. The zero-order valence-corrected chi connectivity index (χ0v) is 14.8. The van der Waals surface area contributed by atoms with E-state index < -0.39 is 11.6 Å². The number of amides is 1. The molecular weight excluding hydrogens is 324 g/mol. The second-order valence-electron chi connectivity index (χ2n) is 7.35. The number of carbonyl (C=O) groups excluding carboxylic acids is 1. The molecule has 2 fully saturated rings. The Morgan fingerprint density at radius 3 is 2.72 bits per heavy atom. The molecule has 0 radical (unpaired) electrons. The minimum atomic E-state index is -0.534. The summed E-state index contributed by atoms with van der Waals surface area (Å²) in [4.78, 5) is 17.1. The maximum atomic E-state index is 13.7. The van der Waals surface area contributed by atoms with Crippen LogP contribution in [0.4, 0.5) is 8.78 Å². The Kier molecular flexibility index (Phi) is 6.02. The van der Waals surface area contributed by atoms with Crippen molar-refractivity contribution in [1.82, 2.24) is 15.1 Å². The van der Waals surface area contributed by atoms with Crippen LogP contribution in [0.15, 0.2) is 18.2 Å². The molecule has 0 spiro atoms. The SMILES string of the molecule is CN1CCC(N2CCCC(NC(=O)Cc3cc(F)ccc3F)C2)CC1. The van der Waals surface area contributed by atoms with Crippen LogP contribution in [0.3, 0.4) is 0 Å². The van der Waals surface area contributed by atoms with E-state index in [9.17, 15) is 13.6 Å². The van der Waals surface area contributed by atoms with Gasteiger partial charge in [-0.2, -0.15) is 0 Å². The highest BCUT2D eigenvalue weighted by molar-refractivity contribution is 5.78. The van der Waals surface area contributed by atoms with Gasteiger partial charge >= 0.3 is 0 Å². The van der Waals surface area contributed by atoms with Gasteiger partial charge in [0.2, 0.25) is 5.91 Å². The summed E-state index contributed by atoms with van der Waals surface area (Å²) < 4.78 is 26.9. The summed E-state index contributed by atoms with van der Waals surface area (Å²) in [6, 6.07) is 3.92. The van der Waals surface area contributed by atoms with Gasteiger partial charge in [-0.1, -0.05) is 0 Å². The third-order valence-electron chi connectivity index (χ3n) is 5.38. The number of carbonyl (C=O) groups is 1. The number of likely N-dealkylation sites (tertiary alicyclic amines) is 2. The fraction of sp³-hybridized carbons (Fsp3) is 0.632. The number of piperidine rings is 2. The Balaban J connectivity index is 1.52. The number of benzene rings is 1. The molecule has 2 aliphatic rings. The largest absolute Gasteiger partial charge is 0.352 e. The van der Waals surface area contributed by atoms with Crippen molar-refractivity contribution in [3.63, 3.8) is 0 Å². The van der Waals surface area contributed by atoms with Gasteiger partial charge < -0.3 is 10.2 Å². The quantitative estimate of drug-likeness (QED) is 0.903. The molecule has 1 unspecified atom stereocenters. The van der Waals surface area contributed by atoms with Crippen LogP contribution in [0, 0.1) is 11.6 Å². The first-order valence-electron chi connectivity index (χ1n) is 9.17. The van der Waals surface area contributed by atoms with Gasteiger partial charge in [0, 0.05) is 24.2 Å². The molecule has 1 aromatic rings. The minimum Gasteiger partial charge on any atom is -0.352 e. The van der Waals surface area contributed by atoms with E-state index in [0.717, 1.165) is 57.2 Å². The number of rotatable bonds is 4. The second-order valence-corrected chi connectivity index (χ2v) is 7.35. The molecule has 0 saturated carbocycles. The number of hydrogen-bond acceptors (Lipinski definition) is 3. The Hall–Kier alpha value is -1.53. The van der Waals surface area contributed by atoms with Gasteiger partial charge in [0.05, 0.1) is 6.42 Å². The lowest BCUT2D eigenvalue weighted by atomic mass is 9.98. The number of hydrogen-bond donors (Lipinski definition) is 1. The van der Waals surface area contributed by atoms with Gasteiger partial charge in [-0.15, -0.1) is 0 Å². The summed E-state index contributed by atoms with van der Waals surface area (Å²) in [6.07, 6.45) is 4.23. The third-order valence-corrected chi connectivity index (χ3v) is 5.38. The zero-order chi connectivity index (χ0) is 17.8. The minimum absolute atomic E-state index is 0.0949. The predicted octanol–water partition coefficient (Wildman–Crippen LogP) is 2.18. The molecule has 138 valence electrons. The molecule has 1 atom stereocenters. The van der Waals surface area contributed by atoms with E-state index in [0.29, 0.717) is 6.04 Å². The standard InChI is InChI=1S/C19H27F2N3O/c1-23-9-6-17(7-10-23)24-8-2-3-16(13-24)22-19(25)12-14-11-15(20)4-5-18(14)21/h4-5,11,16-17H,2-3,6-10,12-13H2,1H3,(H,22,25). The van der Waals surface area contributed by atoms with Crippen molar-refractivity contribution in [2.75, 3.05) is 33.2 Å². The smallest absolute Gasteiger partial charge is 0.224 e. The molecule has 0 aliphatic carbocycles. The summed E-state index contributed by atoms with van der Waals surface area (Å²) in [5.74, 6) is -1.29. The first-order chi connectivity index (χ1) is 12.0. The van der Waals surface area contributed by atoms with E-state index in [1.165, 1.54) is 12.8 Å². The number of nitrogens with one attached hydrogen (secondary N) is 1. The Labute approximate surface area is 148 Å². The van der Waals surface area contributed by atoms with Crippen molar-refractivity contribution in [1.29, 1.82) is 0 Å². The van der Waals surface area contributed by atoms with E-state index in [1.807, 2.05) is 0 Å². The van der Waals surface area contributed by atoms with Gasteiger partial charge in [0.25, 0.3) is 0 Å². The molecule has 1 aromatic carbocycles. The molecule has 25 heavy (non-hydrogen) atoms. The first-order valence-corrected chi connectivity index (χ1v) is 9.17. The van der Waals surface area contributed by atoms with Crippen LogP contribution >= 0.6 is 0 Å². The average molecular weight is 351 g/mol. The summed E-state index contributed by atoms with van der Waals surface area (Å²) in [5.41, 5.74) is 0.112. The predicted molar refractivity (Wildman–Crippen MR) is 93.3 cm³/mol. The molecule has 2 heterocycles. The van der Waals surface area contributed by atoms with E-state index >= 15 is 0 Å². The van der Waals surface area contributed by atoms with Crippen LogP contribution in [0.2, 0.25) is 0 Å². The molecule has 0 aromatic heterocycles. The van der Waals surface area contributed by atoms with Crippen molar-refractivity contribution in [3.8, 4) is 0 Å². The fourth-order valence-electron chi connectivity index (χ4n) is 3.95. The van der Waals surface area contributed by atoms with Crippen LogP contribution in [0.25, 0.3) is 0 Å². The molecule has 2 aliphatic heterocycles. The molecule has 0 bridgehead atoms. The van der Waals surface area contributed by atoms with E-state index in [2.05, 4.69) is 22.2 Å². The highest BCUT2D eigenvalue weighted by Crippen LogP contribution is 2.20. The summed E-state index contributed by atoms with van der Waals surface area (Å²) >= 11 is 0. The Morgan fingerprint density at radius 2 is 1.96 bits per heavy atom. The highest BCUT2D eigenvalue weighted by atomic mass is 19.1. The highest BCUT2D eigenvalue weighted by Gasteiger charge is 2.28. The zero-order valence-electron chi connectivity index (χ0n) is 14.8. The third kappa shape index (κ3) is 4.98. The van der Waals surface area contributed by atoms with E-state index in [-0.39, 0.29) is 23.9 Å².